The second kappa shape index (κ2) is 5.24. The molecule has 0 heteroatoms. The van der Waals surface area contributed by atoms with Crippen molar-refractivity contribution in [2.75, 3.05) is 0 Å². The zero-order valence-electron chi connectivity index (χ0n) is 13.6. The maximum Gasteiger partial charge on any atom is 0.0369 e. The molecule has 0 fully saturated rings. The van der Waals surface area contributed by atoms with E-state index >= 15 is 0 Å². The largest absolute Gasteiger partial charge is 0.0622 e. The Kier molecular flexibility index (Phi) is 3.20. The Morgan fingerprint density at radius 2 is 1.35 bits per heavy atom. The van der Waals surface area contributed by atoms with Gasteiger partial charge in [-0.05, 0) is 41.7 Å². The molecule has 0 radical (unpaired) electrons. The minimum atomic E-state index is -0.0714. The predicted molar refractivity (Wildman–Crippen MR) is 97.6 cm³/mol. The van der Waals surface area contributed by atoms with E-state index in [-0.39, 0.29) is 5.41 Å². The molecular formula is C23H20. The van der Waals surface area contributed by atoms with Gasteiger partial charge in [0.2, 0.25) is 0 Å². The second-order valence-electron chi connectivity index (χ2n) is 6.54. The lowest BCUT2D eigenvalue weighted by molar-refractivity contribution is 0.738. The SMILES string of the molecule is Cc1ccc(C2=CC(C)(c3ccccc3)c3ccccc32)cc1. The third-order valence-corrected chi connectivity index (χ3v) is 4.95. The highest BCUT2D eigenvalue weighted by Gasteiger charge is 2.35. The van der Waals surface area contributed by atoms with Crippen LogP contribution in [0.15, 0.2) is 84.9 Å². The summed E-state index contributed by atoms with van der Waals surface area (Å²) in [6.07, 6.45) is 2.43. The molecule has 0 spiro atoms. The smallest absolute Gasteiger partial charge is 0.0369 e. The van der Waals surface area contributed by atoms with Gasteiger partial charge in [0.25, 0.3) is 0 Å². The first-order valence-corrected chi connectivity index (χ1v) is 8.14. The standard InChI is InChI=1S/C23H20/c1-17-12-14-18(15-13-17)21-16-23(2,19-8-4-3-5-9-19)22-11-7-6-10-20(21)22/h3-16H,1-2H3. The number of benzene rings is 3. The number of allylic oxidation sites excluding steroid dienone is 1. The van der Waals surface area contributed by atoms with Crippen LogP contribution in [0.5, 0.6) is 0 Å². The highest BCUT2D eigenvalue weighted by molar-refractivity contribution is 5.88. The normalized spacial score (nSPS) is 19.3. The molecule has 0 aromatic heterocycles. The summed E-state index contributed by atoms with van der Waals surface area (Å²) in [5.41, 5.74) is 7.94. The van der Waals surface area contributed by atoms with Crippen LogP contribution in [0.25, 0.3) is 5.57 Å². The fourth-order valence-electron chi connectivity index (χ4n) is 3.61. The van der Waals surface area contributed by atoms with Crippen LogP contribution in [0.4, 0.5) is 0 Å². The molecule has 23 heavy (non-hydrogen) atoms. The summed E-state index contributed by atoms with van der Waals surface area (Å²) in [6.45, 7) is 4.46. The van der Waals surface area contributed by atoms with Gasteiger partial charge in [0.05, 0.1) is 0 Å². The minimum Gasteiger partial charge on any atom is -0.0622 e. The Morgan fingerprint density at radius 3 is 2.09 bits per heavy atom. The van der Waals surface area contributed by atoms with Crippen molar-refractivity contribution in [2.24, 2.45) is 0 Å². The van der Waals surface area contributed by atoms with Gasteiger partial charge in [0, 0.05) is 5.41 Å². The van der Waals surface area contributed by atoms with E-state index in [0.717, 1.165) is 0 Å². The number of hydrogen-bond acceptors (Lipinski definition) is 0. The summed E-state index contributed by atoms with van der Waals surface area (Å²) in [7, 11) is 0. The maximum absolute atomic E-state index is 2.43. The molecule has 3 aromatic rings. The van der Waals surface area contributed by atoms with E-state index in [9.17, 15) is 0 Å². The molecule has 0 saturated heterocycles. The van der Waals surface area contributed by atoms with E-state index in [1.54, 1.807) is 0 Å². The fraction of sp³-hybridized carbons (Fsp3) is 0.130. The van der Waals surface area contributed by atoms with Crippen molar-refractivity contribution < 1.29 is 0 Å². The van der Waals surface area contributed by atoms with E-state index in [1.807, 2.05) is 0 Å². The molecule has 0 N–H and O–H groups in total. The van der Waals surface area contributed by atoms with Gasteiger partial charge >= 0.3 is 0 Å². The zero-order valence-corrected chi connectivity index (χ0v) is 13.6. The molecule has 0 heterocycles. The van der Waals surface area contributed by atoms with Crippen molar-refractivity contribution in [1.82, 2.24) is 0 Å². The lowest BCUT2D eigenvalue weighted by atomic mass is 9.78. The molecule has 0 bridgehead atoms. The van der Waals surface area contributed by atoms with Crippen LogP contribution in [0.2, 0.25) is 0 Å². The predicted octanol–water partition coefficient (Wildman–Crippen LogP) is 5.75. The third kappa shape index (κ3) is 2.22. The maximum atomic E-state index is 2.43. The van der Waals surface area contributed by atoms with E-state index in [0.29, 0.717) is 0 Å². The molecule has 0 nitrogen and oxygen atoms in total. The molecule has 0 saturated carbocycles. The summed E-state index contributed by atoms with van der Waals surface area (Å²) >= 11 is 0. The van der Waals surface area contributed by atoms with Gasteiger partial charge in [-0.25, -0.2) is 0 Å². The van der Waals surface area contributed by atoms with Crippen molar-refractivity contribution in [2.45, 2.75) is 19.3 Å². The van der Waals surface area contributed by atoms with Gasteiger partial charge in [-0.1, -0.05) is 90.5 Å². The van der Waals surface area contributed by atoms with Crippen LogP contribution in [0.1, 0.15) is 34.7 Å². The summed E-state index contributed by atoms with van der Waals surface area (Å²) < 4.78 is 0. The van der Waals surface area contributed by atoms with Crippen LogP contribution in [-0.4, -0.2) is 0 Å². The summed E-state index contributed by atoms with van der Waals surface area (Å²) in [4.78, 5) is 0. The molecule has 1 aliphatic rings. The van der Waals surface area contributed by atoms with Crippen LogP contribution in [0.3, 0.4) is 0 Å². The molecule has 1 unspecified atom stereocenters. The fourth-order valence-corrected chi connectivity index (χ4v) is 3.61. The van der Waals surface area contributed by atoms with Crippen molar-refractivity contribution in [3.8, 4) is 0 Å². The monoisotopic (exact) mass is 296 g/mol. The molecule has 112 valence electrons. The zero-order chi connectivity index (χ0) is 15.9. The van der Waals surface area contributed by atoms with Crippen molar-refractivity contribution in [3.63, 3.8) is 0 Å². The number of hydrogen-bond donors (Lipinski definition) is 0. The Balaban J connectivity index is 1.94. The van der Waals surface area contributed by atoms with E-state index < -0.39 is 0 Å². The van der Waals surface area contributed by atoms with Crippen molar-refractivity contribution in [1.29, 1.82) is 0 Å². The highest BCUT2D eigenvalue weighted by atomic mass is 14.4. The molecule has 0 amide bonds. The third-order valence-electron chi connectivity index (χ3n) is 4.95. The van der Waals surface area contributed by atoms with Gasteiger partial charge in [-0.3, -0.25) is 0 Å². The van der Waals surface area contributed by atoms with Crippen LogP contribution >= 0.6 is 0 Å². The minimum absolute atomic E-state index is 0.0714. The summed E-state index contributed by atoms with van der Waals surface area (Å²) in [6, 6.07) is 28.4. The molecule has 3 aromatic carbocycles. The highest BCUT2D eigenvalue weighted by Crippen LogP contribution is 2.46. The average Bonchev–Trinajstić information content (AvgIpc) is 2.91. The topological polar surface area (TPSA) is 0 Å². The Bertz CT molecular complexity index is 869. The van der Waals surface area contributed by atoms with E-state index in [2.05, 4.69) is 98.8 Å². The molecule has 1 aliphatic carbocycles. The van der Waals surface area contributed by atoms with Gasteiger partial charge in [0.1, 0.15) is 0 Å². The van der Waals surface area contributed by atoms with Crippen LogP contribution in [-0.2, 0) is 5.41 Å². The summed E-state index contributed by atoms with van der Waals surface area (Å²) in [5, 5.41) is 0. The molecule has 1 atom stereocenters. The van der Waals surface area contributed by atoms with Gasteiger partial charge in [0.15, 0.2) is 0 Å². The van der Waals surface area contributed by atoms with Gasteiger partial charge < -0.3 is 0 Å². The van der Waals surface area contributed by atoms with E-state index in [1.165, 1.54) is 33.4 Å². The molecular weight excluding hydrogens is 276 g/mol. The number of aryl methyl sites for hydroxylation is 1. The van der Waals surface area contributed by atoms with Crippen molar-refractivity contribution in [3.05, 3.63) is 113 Å². The second-order valence-corrected chi connectivity index (χ2v) is 6.54. The number of fused-ring (bicyclic) bond motifs is 1. The number of rotatable bonds is 2. The first-order valence-electron chi connectivity index (χ1n) is 8.14. The van der Waals surface area contributed by atoms with E-state index in [4.69, 9.17) is 0 Å². The summed E-state index contributed by atoms with van der Waals surface area (Å²) in [5.74, 6) is 0. The molecule has 0 aliphatic heterocycles. The Morgan fingerprint density at radius 1 is 0.696 bits per heavy atom. The Hall–Kier alpha value is -2.60. The van der Waals surface area contributed by atoms with Gasteiger partial charge in [-0.15, -0.1) is 0 Å². The molecule has 4 rings (SSSR count). The first kappa shape index (κ1) is 14.0. The quantitative estimate of drug-likeness (QED) is 0.565. The van der Waals surface area contributed by atoms with Gasteiger partial charge in [-0.2, -0.15) is 0 Å². The van der Waals surface area contributed by atoms with Crippen LogP contribution in [0, 0.1) is 6.92 Å². The average molecular weight is 296 g/mol. The Labute approximate surface area is 138 Å². The van der Waals surface area contributed by atoms with Crippen LogP contribution < -0.4 is 0 Å². The lowest BCUT2D eigenvalue weighted by Gasteiger charge is -2.24. The first-order chi connectivity index (χ1) is 11.2. The lowest BCUT2D eigenvalue weighted by Crippen LogP contribution is -2.18. The van der Waals surface area contributed by atoms with Crippen molar-refractivity contribution >= 4 is 5.57 Å².